The van der Waals surface area contributed by atoms with E-state index in [1.54, 1.807) is 23.6 Å². The monoisotopic (exact) mass is 361 g/mol. The van der Waals surface area contributed by atoms with E-state index in [2.05, 4.69) is 12.2 Å². The van der Waals surface area contributed by atoms with Gasteiger partial charge in [-0.3, -0.25) is 14.5 Å². The van der Waals surface area contributed by atoms with Crippen molar-refractivity contribution < 1.29 is 14.4 Å². The second-order valence-electron chi connectivity index (χ2n) is 6.74. The number of urea groups is 1. The summed E-state index contributed by atoms with van der Waals surface area (Å²) in [6.45, 7) is 6.02. The quantitative estimate of drug-likeness (QED) is 0.840. The molecule has 0 unspecified atom stereocenters. The molecule has 4 amide bonds. The van der Waals surface area contributed by atoms with Crippen LogP contribution < -0.4 is 10.2 Å². The number of nitrogens with zero attached hydrogens (tertiary/aromatic N) is 2. The second kappa shape index (κ2) is 6.71. The van der Waals surface area contributed by atoms with Gasteiger partial charge in [-0.25, -0.2) is 4.79 Å². The summed E-state index contributed by atoms with van der Waals surface area (Å²) in [4.78, 5) is 41.4. The number of para-hydroxylation sites is 1. The summed E-state index contributed by atoms with van der Waals surface area (Å²) in [5.41, 5.74) is -0.0644. The molecule has 1 fully saturated rings. The summed E-state index contributed by atoms with van der Waals surface area (Å²) < 4.78 is 0. The molecule has 0 saturated carbocycles. The number of hydrogen-bond acceptors (Lipinski definition) is 4. The van der Waals surface area contributed by atoms with Crippen LogP contribution in [-0.4, -0.2) is 46.6 Å². The highest BCUT2D eigenvalue weighted by Crippen LogP contribution is 2.37. The third kappa shape index (κ3) is 3.25. The van der Waals surface area contributed by atoms with Gasteiger partial charge in [0.25, 0.3) is 5.91 Å². The van der Waals surface area contributed by atoms with Crippen molar-refractivity contribution in [2.45, 2.75) is 49.3 Å². The maximum absolute atomic E-state index is 12.9. The lowest BCUT2D eigenvalue weighted by molar-refractivity contribution is -0.134. The summed E-state index contributed by atoms with van der Waals surface area (Å²) in [5.74, 6) is -0.565. The smallest absolute Gasteiger partial charge is 0.323 e. The molecule has 1 aromatic carbocycles. The molecule has 0 radical (unpaired) electrons. The first kappa shape index (κ1) is 17.8. The summed E-state index contributed by atoms with van der Waals surface area (Å²) in [7, 11) is 0. The van der Waals surface area contributed by atoms with Gasteiger partial charge in [-0.1, -0.05) is 26.0 Å². The van der Waals surface area contributed by atoms with Crippen LogP contribution in [-0.2, 0) is 9.59 Å². The van der Waals surface area contributed by atoms with E-state index in [9.17, 15) is 14.4 Å². The van der Waals surface area contributed by atoms with Crippen molar-refractivity contribution in [2.24, 2.45) is 0 Å². The van der Waals surface area contributed by atoms with Crippen LogP contribution in [0.25, 0.3) is 0 Å². The molecule has 134 valence electrons. The molecular formula is C18H23N3O3S. The van der Waals surface area contributed by atoms with Gasteiger partial charge in [0.1, 0.15) is 12.1 Å². The van der Waals surface area contributed by atoms with Gasteiger partial charge in [-0.15, -0.1) is 11.8 Å². The van der Waals surface area contributed by atoms with Crippen molar-refractivity contribution >= 4 is 35.3 Å². The Morgan fingerprint density at radius 3 is 2.76 bits per heavy atom. The molecule has 1 aromatic rings. The number of carbonyl (C=O) groups excluding carboxylic acids is 3. The minimum atomic E-state index is -0.918. The van der Waals surface area contributed by atoms with E-state index in [0.717, 1.165) is 21.9 Å². The fraction of sp³-hybridized carbons (Fsp3) is 0.500. The number of thioether (sulfide) groups is 1. The number of rotatable bonds is 3. The highest BCUT2D eigenvalue weighted by atomic mass is 32.2. The van der Waals surface area contributed by atoms with E-state index >= 15 is 0 Å². The first-order valence-electron chi connectivity index (χ1n) is 8.56. The predicted octanol–water partition coefficient (Wildman–Crippen LogP) is 2.62. The Balaban J connectivity index is 1.82. The molecule has 0 aromatic heterocycles. The van der Waals surface area contributed by atoms with Crippen molar-refractivity contribution in [2.75, 3.05) is 18.0 Å². The number of anilines is 1. The van der Waals surface area contributed by atoms with Crippen molar-refractivity contribution in [1.29, 1.82) is 0 Å². The number of fused-ring (bicyclic) bond motifs is 1. The summed E-state index contributed by atoms with van der Waals surface area (Å²) in [5, 5.41) is 3.09. The predicted molar refractivity (Wildman–Crippen MR) is 97.7 cm³/mol. The van der Waals surface area contributed by atoms with Gasteiger partial charge < -0.3 is 10.2 Å². The van der Waals surface area contributed by atoms with Gasteiger partial charge in [0.05, 0.1) is 5.69 Å². The number of carbonyl (C=O) groups is 3. The van der Waals surface area contributed by atoms with E-state index in [1.807, 2.05) is 31.2 Å². The Morgan fingerprint density at radius 2 is 2.08 bits per heavy atom. The lowest BCUT2D eigenvalue weighted by atomic mass is 9.99. The number of nitrogens with one attached hydrogen (secondary N) is 1. The van der Waals surface area contributed by atoms with Gasteiger partial charge in [-0.2, -0.15) is 0 Å². The average Bonchev–Trinajstić information content (AvgIpc) is 2.73. The van der Waals surface area contributed by atoms with E-state index in [0.29, 0.717) is 18.2 Å². The van der Waals surface area contributed by atoms with Crippen molar-refractivity contribution in [3.63, 3.8) is 0 Å². The van der Waals surface area contributed by atoms with Crippen LogP contribution in [0.15, 0.2) is 29.2 Å². The number of benzene rings is 1. The fourth-order valence-corrected chi connectivity index (χ4v) is 4.21. The summed E-state index contributed by atoms with van der Waals surface area (Å²) >= 11 is 1.75. The average molecular weight is 361 g/mol. The first-order chi connectivity index (χ1) is 11.9. The molecule has 3 rings (SSSR count). The Bertz CT molecular complexity index is 723. The van der Waals surface area contributed by atoms with Crippen molar-refractivity contribution in [3.05, 3.63) is 24.3 Å². The Labute approximate surface area is 151 Å². The molecule has 0 spiro atoms. The van der Waals surface area contributed by atoms with Crippen LogP contribution in [0, 0.1) is 0 Å². The molecular weight excluding hydrogens is 338 g/mol. The van der Waals surface area contributed by atoms with Gasteiger partial charge in [0.2, 0.25) is 5.91 Å². The van der Waals surface area contributed by atoms with Crippen LogP contribution in [0.1, 0.15) is 33.6 Å². The normalized spacial score (nSPS) is 26.3. The molecule has 7 heteroatoms. The lowest BCUT2D eigenvalue weighted by Crippen LogP contribution is -2.45. The lowest BCUT2D eigenvalue weighted by Gasteiger charge is -2.25. The fourth-order valence-electron chi connectivity index (χ4n) is 3.10. The van der Waals surface area contributed by atoms with Crippen LogP contribution in [0.4, 0.5) is 10.5 Å². The molecule has 2 atom stereocenters. The second-order valence-corrected chi connectivity index (χ2v) is 8.22. The molecule has 25 heavy (non-hydrogen) atoms. The van der Waals surface area contributed by atoms with Gasteiger partial charge in [0.15, 0.2) is 0 Å². The summed E-state index contributed by atoms with van der Waals surface area (Å²) in [6.07, 6.45) is 1.35. The minimum absolute atomic E-state index is 0.229. The zero-order valence-electron chi connectivity index (χ0n) is 14.7. The highest BCUT2D eigenvalue weighted by molar-refractivity contribution is 8.00. The third-order valence-electron chi connectivity index (χ3n) is 4.89. The SMILES string of the molecule is CC[C@]1(C)NC(=O)N(CC(=O)N2CC[C@H](C)Sc3ccccc32)C1=O. The van der Waals surface area contributed by atoms with Crippen LogP contribution >= 0.6 is 11.8 Å². The molecule has 0 aliphatic carbocycles. The van der Waals surface area contributed by atoms with Crippen molar-refractivity contribution in [1.82, 2.24) is 10.2 Å². The number of hydrogen-bond donors (Lipinski definition) is 1. The van der Waals surface area contributed by atoms with Crippen LogP contribution in [0.5, 0.6) is 0 Å². The molecule has 6 nitrogen and oxygen atoms in total. The van der Waals surface area contributed by atoms with Gasteiger partial charge >= 0.3 is 6.03 Å². The maximum Gasteiger partial charge on any atom is 0.325 e. The zero-order chi connectivity index (χ0) is 18.2. The molecule has 1 saturated heterocycles. The largest absolute Gasteiger partial charge is 0.325 e. The minimum Gasteiger partial charge on any atom is -0.323 e. The number of imide groups is 1. The molecule has 0 bridgehead atoms. The molecule has 1 N–H and O–H groups in total. The third-order valence-corrected chi connectivity index (χ3v) is 6.13. The van der Waals surface area contributed by atoms with Gasteiger partial charge in [0, 0.05) is 16.7 Å². The van der Waals surface area contributed by atoms with Crippen LogP contribution in [0.2, 0.25) is 0 Å². The van der Waals surface area contributed by atoms with E-state index in [1.165, 1.54) is 0 Å². The highest BCUT2D eigenvalue weighted by Gasteiger charge is 2.47. The van der Waals surface area contributed by atoms with Gasteiger partial charge in [-0.05, 0) is 31.9 Å². The Hall–Kier alpha value is -2.02. The van der Waals surface area contributed by atoms with E-state index in [-0.39, 0.29) is 18.4 Å². The molecule has 2 aliphatic heterocycles. The standard InChI is InChI=1S/C18H23N3O3S/c1-4-18(3)16(23)21(17(24)19-18)11-15(22)20-10-9-12(2)25-14-8-6-5-7-13(14)20/h5-8,12H,4,9-11H2,1-3H3,(H,19,24)/t12-,18-/m0/s1. The molecule has 2 heterocycles. The number of amides is 4. The van der Waals surface area contributed by atoms with Crippen LogP contribution in [0.3, 0.4) is 0 Å². The summed E-state index contributed by atoms with van der Waals surface area (Å²) in [6, 6.07) is 7.28. The first-order valence-corrected chi connectivity index (χ1v) is 9.44. The Morgan fingerprint density at radius 1 is 1.36 bits per heavy atom. The van der Waals surface area contributed by atoms with Crippen molar-refractivity contribution in [3.8, 4) is 0 Å². The zero-order valence-corrected chi connectivity index (χ0v) is 15.6. The molecule has 2 aliphatic rings. The van der Waals surface area contributed by atoms with E-state index < -0.39 is 11.6 Å². The van der Waals surface area contributed by atoms with E-state index in [4.69, 9.17) is 0 Å². The Kier molecular flexibility index (Phi) is 4.77. The maximum atomic E-state index is 12.9. The topological polar surface area (TPSA) is 69.7 Å².